The van der Waals surface area contributed by atoms with Crippen molar-refractivity contribution in [3.8, 4) is 0 Å². The minimum Gasteiger partial charge on any atom is -0.374 e. The molecule has 5 heteroatoms. The first-order valence-electron chi connectivity index (χ1n) is 7.51. The highest BCUT2D eigenvalue weighted by Gasteiger charge is 2.21. The first kappa shape index (κ1) is 17.8. The number of ether oxygens (including phenoxy) is 1. The number of hydrogen-bond donors (Lipinski definition) is 1. The van der Waals surface area contributed by atoms with Crippen molar-refractivity contribution >= 4 is 17.7 Å². The van der Waals surface area contributed by atoms with Crippen molar-refractivity contribution in [3.05, 3.63) is 0 Å². The maximum Gasteiger partial charge on any atom is 0.230 e. The van der Waals surface area contributed by atoms with Crippen molar-refractivity contribution in [2.24, 2.45) is 5.92 Å². The van der Waals surface area contributed by atoms with Crippen molar-refractivity contribution in [3.63, 3.8) is 0 Å². The van der Waals surface area contributed by atoms with Gasteiger partial charge in [-0.05, 0) is 5.92 Å². The van der Waals surface area contributed by atoms with Crippen LogP contribution in [-0.2, 0) is 9.53 Å². The third kappa shape index (κ3) is 8.12. The Morgan fingerprint density at radius 2 is 2.15 bits per heavy atom. The number of morpholine rings is 1. The van der Waals surface area contributed by atoms with Crippen LogP contribution in [0.2, 0.25) is 0 Å². The Hall–Kier alpha value is -0.260. The molecule has 1 saturated heterocycles. The summed E-state index contributed by atoms with van der Waals surface area (Å²) in [5.74, 6) is 1.30. The van der Waals surface area contributed by atoms with E-state index in [4.69, 9.17) is 4.74 Å². The standard InChI is InChI=1S/C15H30N2O2S/c1-12(2)9-17-6-7-19-13(10-17)8-16-14(18)11-20-15(3,4)5/h12-13H,6-11H2,1-5H3,(H,16,18). The lowest BCUT2D eigenvalue weighted by molar-refractivity contribution is -0.119. The lowest BCUT2D eigenvalue weighted by Gasteiger charge is -2.34. The Labute approximate surface area is 128 Å². The molecule has 20 heavy (non-hydrogen) atoms. The van der Waals surface area contributed by atoms with E-state index in [-0.39, 0.29) is 16.8 Å². The smallest absolute Gasteiger partial charge is 0.230 e. The molecular weight excluding hydrogens is 272 g/mol. The number of carbonyl (C=O) groups excluding carboxylic acids is 1. The van der Waals surface area contributed by atoms with Gasteiger partial charge in [0.05, 0.1) is 18.5 Å². The SMILES string of the molecule is CC(C)CN1CCOC(CNC(=O)CSC(C)(C)C)C1. The fourth-order valence-electron chi connectivity index (χ4n) is 2.15. The van der Waals surface area contributed by atoms with Gasteiger partial charge in [-0.2, -0.15) is 0 Å². The molecule has 0 spiro atoms. The highest BCUT2D eigenvalue weighted by molar-refractivity contribution is 8.01. The molecular formula is C15H30N2O2S. The van der Waals surface area contributed by atoms with Crippen LogP contribution >= 0.6 is 11.8 Å². The molecule has 118 valence electrons. The fourth-order valence-corrected chi connectivity index (χ4v) is 2.81. The summed E-state index contributed by atoms with van der Waals surface area (Å²) in [7, 11) is 0. The van der Waals surface area contributed by atoms with E-state index in [9.17, 15) is 4.79 Å². The minimum atomic E-state index is 0.106. The number of rotatable bonds is 6. The Morgan fingerprint density at radius 3 is 2.75 bits per heavy atom. The third-order valence-electron chi connectivity index (χ3n) is 3.01. The van der Waals surface area contributed by atoms with Gasteiger partial charge in [0.15, 0.2) is 0 Å². The zero-order chi connectivity index (χ0) is 15.2. The van der Waals surface area contributed by atoms with Crippen molar-refractivity contribution in [1.82, 2.24) is 10.2 Å². The normalized spacial score (nSPS) is 21.2. The van der Waals surface area contributed by atoms with Crippen molar-refractivity contribution < 1.29 is 9.53 Å². The van der Waals surface area contributed by atoms with E-state index >= 15 is 0 Å². The summed E-state index contributed by atoms with van der Waals surface area (Å²) in [6.45, 7) is 15.3. The van der Waals surface area contributed by atoms with Crippen LogP contribution < -0.4 is 5.32 Å². The van der Waals surface area contributed by atoms with E-state index in [0.29, 0.717) is 18.2 Å². The quantitative estimate of drug-likeness (QED) is 0.815. The summed E-state index contributed by atoms with van der Waals surface area (Å²) in [6.07, 6.45) is 0.131. The molecule has 0 bridgehead atoms. The Balaban J connectivity index is 2.22. The summed E-state index contributed by atoms with van der Waals surface area (Å²) in [6, 6.07) is 0. The zero-order valence-electron chi connectivity index (χ0n) is 13.6. The third-order valence-corrected chi connectivity index (χ3v) is 4.28. The maximum atomic E-state index is 11.8. The summed E-state index contributed by atoms with van der Waals surface area (Å²) < 4.78 is 5.85. The van der Waals surface area contributed by atoms with Crippen LogP contribution in [0, 0.1) is 5.92 Å². The predicted molar refractivity (Wildman–Crippen MR) is 86.2 cm³/mol. The van der Waals surface area contributed by atoms with Gasteiger partial charge in [-0.15, -0.1) is 11.8 Å². The van der Waals surface area contributed by atoms with E-state index in [1.807, 2.05) is 0 Å². The van der Waals surface area contributed by atoms with Gasteiger partial charge in [0, 0.05) is 30.9 Å². The summed E-state index contributed by atoms with van der Waals surface area (Å²) in [5.41, 5.74) is 0. The molecule has 1 unspecified atom stereocenters. The highest BCUT2D eigenvalue weighted by Crippen LogP contribution is 2.22. The number of carbonyl (C=O) groups is 1. The van der Waals surface area contributed by atoms with E-state index in [1.165, 1.54) is 0 Å². The van der Waals surface area contributed by atoms with Gasteiger partial charge in [-0.3, -0.25) is 9.69 Å². The average Bonchev–Trinajstić information content (AvgIpc) is 2.32. The Morgan fingerprint density at radius 1 is 1.45 bits per heavy atom. The van der Waals surface area contributed by atoms with Gasteiger partial charge in [0.25, 0.3) is 0 Å². The second-order valence-corrected chi connectivity index (χ2v) is 8.65. The van der Waals surface area contributed by atoms with E-state index < -0.39 is 0 Å². The topological polar surface area (TPSA) is 41.6 Å². The highest BCUT2D eigenvalue weighted by atomic mass is 32.2. The molecule has 1 fully saturated rings. The lowest BCUT2D eigenvalue weighted by Crippen LogP contribution is -2.48. The van der Waals surface area contributed by atoms with Crippen molar-refractivity contribution in [1.29, 1.82) is 0 Å². The summed E-state index contributed by atoms with van der Waals surface area (Å²) >= 11 is 1.67. The van der Waals surface area contributed by atoms with Crippen LogP contribution in [0.4, 0.5) is 0 Å². The predicted octanol–water partition coefficient (Wildman–Crippen LogP) is 1.99. The maximum absolute atomic E-state index is 11.8. The first-order valence-corrected chi connectivity index (χ1v) is 8.49. The van der Waals surface area contributed by atoms with E-state index in [0.717, 1.165) is 26.2 Å². The lowest BCUT2D eigenvalue weighted by atomic mass is 10.2. The van der Waals surface area contributed by atoms with Gasteiger partial charge in [-0.25, -0.2) is 0 Å². The average molecular weight is 302 g/mol. The molecule has 1 amide bonds. The van der Waals surface area contributed by atoms with Crippen LogP contribution in [-0.4, -0.2) is 60.2 Å². The molecule has 1 N–H and O–H groups in total. The van der Waals surface area contributed by atoms with Crippen LogP contribution in [0.15, 0.2) is 0 Å². The molecule has 0 aromatic heterocycles. The number of nitrogens with one attached hydrogen (secondary N) is 1. The molecule has 0 aromatic rings. The van der Waals surface area contributed by atoms with Crippen LogP contribution in [0.1, 0.15) is 34.6 Å². The molecule has 1 rings (SSSR count). The molecule has 1 heterocycles. The number of nitrogens with zero attached hydrogens (tertiary/aromatic N) is 1. The number of thioether (sulfide) groups is 1. The summed E-state index contributed by atoms with van der Waals surface area (Å²) in [5, 5.41) is 2.99. The van der Waals surface area contributed by atoms with Crippen molar-refractivity contribution in [2.75, 3.05) is 38.5 Å². The van der Waals surface area contributed by atoms with E-state index in [1.54, 1.807) is 11.8 Å². The molecule has 1 atom stereocenters. The second kappa shape index (κ2) is 8.25. The molecule has 0 saturated carbocycles. The minimum absolute atomic E-state index is 0.106. The molecule has 0 aliphatic carbocycles. The van der Waals surface area contributed by atoms with Crippen LogP contribution in [0.25, 0.3) is 0 Å². The van der Waals surface area contributed by atoms with Crippen LogP contribution in [0.3, 0.4) is 0 Å². The monoisotopic (exact) mass is 302 g/mol. The first-order chi connectivity index (χ1) is 9.26. The molecule has 0 aromatic carbocycles. The number of amides is 1. The van der Waals surface area contributed by atoms with Crippen molar-refractivity contribution in [2.45, 2.75) is 45.5 Å². The Kier molecular flexibility index (Phi) is 7.34. The zero-order valence-corrected chi connectivity index (χ0v) is 14.4. The van der Waals surface area contributed by atoms with Gasteiger partial charge in [0.2, 0.25) is 5.91 Å². The second-order valence-electron chi connectivity index (χ2n) is 6.85. The summed E-state index contributed by atoms with van der Waals surface area (Å²) in [4.78, 5) is 14.2. The molecule has 1 aliphatic rings. The van der Waals surface area contributed by atoms with Gasteiger partial charge in [0.1, 0.15) is 0 Å². The molecule has 4 nitrogen and oxygen atoms in total. The fraction of sp³-hybridized carbons (Fsp3) is 0.933. The van der Waals surface area contributed by atoms with Gasteiger partial charge >= 0.3 is 0 Å². The Bertz CT molecular complexity index is 303. The van der Waals surface area contributed by atoms with E-state index in [2.05, 4.69) is 44.8 Å². The van der Waals surface area contributed by atoms with Gasteiger partial charge in [-0.1, -0.05) is 34.6 Å². The van der Waals surface area contributed by atoms with Crippen LogP contribution in [0.5, 0.6) is 0 Å². The largest absolute Gasteiger partial charge is 0.374 e. The molecule has 0 radical (unpaired) electrons. The number of hydrogen-bond acceptors (Lipinski definition) is 4. The molecule has 1 aliphatic heterocycles. The van der Waals surface area contributed by atoms with Gasteiger partial charge < -0.3 is 10.1 Å².